The van der Waals surface area contributed by atoms with E-state index in [1.165, 1.54) is 13.2 Å². The smallest absolute Gasteiger partial charge is 0.417 e. The maximum Gasteiger partial charge on any atom is 0.417 e. The van der Waals surface area contributed by atoms with E-state index in [-0.39, 0.29) is 6.61 Å². The van der Waals surface area contributed by atoms with E-state index in [1.54, 1.807) is 24.3 Å². The van der Waals surface area contributed by atoms with Crippen molar-refractivity contribution in [1.29, 1.82) is 0 Å². The summed E-state index contributed by atoms with van der Waals surface area (Å²) in [6.45, 7) is 3.18. The van der Waals surface area contributed by atoms with E-state index in [4.69, 9.17) is 4.74 Å². The summed E-state index contributed by atoms with van der Waals surface area (Å²) in [6, 6.07) is 8.90. The number of esters is 1. The lowest BCUT2D eigenvalue weighted by Gasteiger charge is -2.24. The van der Waals surface area contributed by atoms with Crippen LogP contribution in [0.2, 0.25) is 0 Å². The van der Waals surface area contributed by atoms with Crippen molar-refractivity contribution in [1.82, 2.24) is 9.88 Å². The van der Waals surface area contributed by atoms with E-state index in [1.807, 2.05) is 4.90 Å². The van der Waals surface area contributed by atoms with Crippen molar-refractivity contribution in [2.75, 3.05) is 51.3 Å². The van der Waals surface area contributed by atoms with E-state index in [2.05, 4.69) is 14.6 Å². The molecule has 2 heterocycles. The van der Waals surface area contributed by atoms with Crippen molar-refractivity contribution < 1.29 is 32.5 Å². The predicted molar refractivity (Wildman–Crippen MR) is 112 cm³/mol. The van der Waals surface area contributed by atoms with Crippen molar-refractivity contribution in [3.63, 3.8) is 0 Å². The Balaban J connectivity index is 1.45. The number of hydrogen-bond donors (Lipinski definition) is 1. The normalized spacial score (nSPS) is 16.3. The molecule has 1 aliphatic rings. The van der Waals surface area contributed by atoms with Crippen LogP contribution >= 0.6 is 0 Å². The molecule has 1 fully saturated rings. The molecule has 1 atom stereocenters. The number of benzene rings is 1. The molecule has 1 aromatic carbocycles. The number of carbonyl (C=O) groups is 1. The molecule has 0 unspecified atom stereocenters. The molecule has 0 spiro atoms. The van der Waals surface area contributed by atoms with E-state index in [9.17, 15) is 23.1 Å². The van der Waals surface area contributed by atoms with Crippen LogP contribution in [0, 0.1) is 0 Å². The van der Waals surface area contributed by atoms with Crippen molar-refractivity contribution >= 4 is 11.8 Å². The Hall–Kier alpha value is -2.85. The quantitative estimate of drug-likeness (QED) is 0.647. The van der Waals surface area contributed by atoms with Gasteiger partial charge in [-0.05, 0) is 49.4 Å². The second-order valence-corrected chi connectivity index (χ2v) is 7.52. The molecule has 1 aromatic heterocycles. The standard InChI is InChI=1S/C22H26F3N3O4/c1-31-21(30)16-3-6-19(7-4-16)32-15-18(29)14-27-9-2-10-28(12-11-27)20-8-5-17(13-26-20)22(23,24)25/h3-8,13,18,29H,2,9-12,14-15H2,1H3/t18-/m1/s1. The van der Waals surface area contributed by atoms with Crippen LogP contribution in [0.25, 0.3) is 0 Å². The molecule has 10 heteroatoms. The zero-order valence-electron chi connectivity index (χ0n) is 17.7. The third kappa shape index (κ3) is 6.57. The Morgan fingerprint density at radius 3 is 2.50 bits per heavy atom. The number of alkyl halides is 3. The number of β-amino-alcohol motifs (C(OH)–C–C–N with tert-alkyl or cyclic N) is 1. The van der Waals surface area contributed by atoms with Crippen LogP contribution in [0.4, 0.5) is 19.0 Å². The highest BCUT2D eigenvalue weighted by molar-refractivity contribution is 5.89. The number of aliphatic hydroxyl groups is 1. The summed E-state index contributed by atoms with van der Waals surface area (Å²) in [5, 5.41) is 10.4. The lowest BCUT2D eigenvalue weighted by molar-refractivity contribution is -0.137. The number of rotatable bonds is 7. The van der Waals surface area contributed by atoms with Crippen LogP contribution in [0.3, 0.4) is 0 Å². The van der Waals surface area contributed by atoms with Crippen molar-refractivity contribution in [2.24, 2.45) is 0 Å². The number of pyridine rings is 1. The third-order valence-corrected chi connectivity index (χ3v) is 5.17. The minimum Gasteiger partial charge on any atom is -0.491 e. The molecule has 0 amide bonds. The minimum atomic E-state index is -4.40. The number of ether oxygens (including phenoxy) is 2. The fraction of sp³-hybridized carbons (Fsp3) is 0.455. The molecule has 174 valence electrons. The first-order valence-corrected chi connectivity index (χ1v) is 10.3. The highest BCUT2D eigenvalue weighted by Crippen LogP contribution is 2.29. The monoisotopic (exact) mass is 453 g/mol. The molecule has 7 nitrogen and oxygen atoms in total. The lowest BCUT2D eigenvalue weighted by atomic mass is 10.2. The van der Waals surface area contributed by atoms with Gasteiger partial charge in [0.1, 0.15) is 24.3 Å². The Kier molecular flexibility index (Phi) is 7.92. The number of nitrogens with zero attached hydrogens (tertiary/aromatic N) is 3. The van der Waals surface area contributed by atoms with Crippen LogP contribution in [0.5, 0.6) is 5.75 Å². The average Bonchev–Trinajstić information content (AvgIpc) is 3.02. The number of methoxy groups -OCH3 is 1. The molecule has 1 N–H and O–H groups in total. The van der Waals surface area contributed by atoms with Crippen molar-refractivity contribution in [3.8, 4) is 5.75 Å². The van der Waals surface area contributed by atoms with E-state index in [0.717, 1.165) is 25.2 Å². The Morgan fingerprint density at radius 2 is 1.88 bits per heavy atom. The summed E-state index contributed by atoms with van der Waals surface area (Å²) >= 11 is 0. The van der Waals surface area contributed by atoms with Crippen LogP contribution in [0.1, 0.15) is 22.3 Å². The maximum absolute atomic E-state index is 12.7. The van der Waals surface area contributed by atoms with Crippen molar-refractivity contribution in [3.05, 3.63) is 53.7 Å². The first-order valence-electron chi connectivity index (χ1n) is 10.3. The van der Waals surface area contributed by atoms with Crippen LogP contribution in [-0.4, -0.2) is 73.5 Å². The maximum atomic E-state index is 12.7. The summed E-state index contributed by atoms with van der Waals surface area (Å²) in [7, 11) is 1.31. The molecule has 32 heavy (non-hydrogen) atoms. The molecular formula is C22H26F3N3O4. The highest BCUT2D eigenvalue weighted by atomic mass is 19.4. The number of aliphatic hydroxyl groups excluding tert-OH is 1. The van der Waals surface area contributed by atoms with Crippen LogP contribution in [-0.2, 0) is 10.9 Å². The predicted octanol–water partition coefficient (Wildman–Crippen LogP) is 2.84. The summed E-state index contributed by atoms with van der Waals surface area (Å²) in [5.74, 6) is 0.615. The second-order valence-electron chi connectivity index (χ2n) is 7.52. The summed E-state index contributed by atoms with van der Waals surface area (Å²) < 4.78 is 48.4. The van der Waals surface area contributed by atoms with E-state index >= 15 is 0 Å². The number of halogens is 3. The zero-order valence-corrected chi connectivity index (χ0v) is 17.7. The van der Waals surface area contributed by atoms with Gasteiger partial charge in [-0.15, -0.1) is 0 Å². The van der Waals surface area contributed by atoms with Gasteiger partial charge < -0.3 is 19.5 Å². The Morgan fingerprint density at radius 1 is 1.12 bits per heavy atom. The largest absolute Gasteiger partial charge is 0.491 e. The number of anilines is 1. The van der Waals surface area contributed by atoms with Gasteiger partial charge in [0.15, 0.2) is 0 Å². The fourth-order valence-corrected chi connectivity index (χ4v) is 3.47. The van der Waals surface area contributed by atoms with Gasteiger partial charge in [-0.3, -0.25) is 4.90 Å². The topological polar surface area (TPSA) is 75.1 Å². The van der Waals surface area contributed by atoms with Gasteiger partial charge in [0.2, 0.25) is 0 Å². The molecule has 3 rings (SSSR count). The first kappa shape index (κ1) is 23.8. The van der Waals surface area contributed by atoms with E-state index in [0.29, 0.717) is 43.3 Å². The Bertz CT molecular complexity index is 875. The summed E-state index contributed by atoms with van der Waals surface area (Å²) in [5.41, 5.74) is -0.349. The summed E-state index contributed by atoms with van der Waals surface area (Å²) in [4.78, 5) is 19.5. The molecule has 2 aromatic rings. The molecule has 0 radical (unpaired) electrons. The van der Waals surface area contributed by atoms with E-state index < -0.39 is 23.8 Å². The van der Waals surface area contributed by atoms with Crippen LogP contribution in [0.15, 0.2) is 42.6 Å². The van der Waals surface area contributed by atoms with Gasteiger partial charge in [-0.1, -0.05) is 0 Å². The lowest BCUT2D eigenvalue weighted by Crippen LogP contribution is -2.38. The highest BCUT2D eigenvalue weighted by Gasteiger charge is 2.31. The van der Waals surface area contributed by atoms with Gasteiger partial charge in [0, 0.05) is 32.4 Å². The number of aromatic nitrogens is 1. The fourth-order valence-electron chi connectivity index (χ4n) is 3.47. The second kappa shape index (κ2) is 10.6. The molecule has 1 aliphatic heterocycles. The number of hydrogen-bond acceptors (Lipinski definition) is 7. The number of carbonyl (C=O) groups excluding carboxylic acids is 1. The zero-order chi connectivity index (χ0) is 23.1. The summed E-state index contributed by atoms with van der Waals surface area (Å²) in [6.07, 6.45) is -3.46. The molecule has 1 saturated heterocycles. The SMILES string of the molecule is COC(=O)c1ccc(OC[C@H](O)CN2CCCN(c3ccc(C(F)(F)F)cn3)CC2)cc1. The van der Waals surface area contributed by atoms with Gasteiger partial charge >= 0.3 is 12.1 Å². The van der Waals surface area contributed by atoms with Gasteiger partial charge in [-0.25, -0.2) is 9.78 Å². The van der Waals surface area contributed by atoms with Gasteiger partial charge in [0.25, 0.3) is 0 Å². The molecular weight excluding hydrogens is 427 g/mol. The minimum absolute atomic E-state index is 0.0955. The van der Waals surface area contributed by atoms with Gasteiger partial charge in [0.05, 0.1) is 18.2 Å². The van der Waals surface area contributed by atoms with Crippen LogP contribution < -0.4 is 9.64 Å². The third-order valence-electron chi connectivity index (χ3n) is 5.17. The molecule has 0 bridgehead atoms. The van der Waals surface area contributed by atoms with Crippen molar-refractivity contribution in [2.45, 2.75) is 18.7 Å². The Labute approximate surface area is 184 Å². The average molecular weight is 453 g/mol. The van der Waals surface area contributed by atoms with Gasteiger partial charge in [-0.2, -0.15) is 13.2 Å². The first-order chi connectivity index (χ1) is 15.3. The molecule has 0 saturated carbocycles. The molecule has 0 aliphatic carbocycles.